The van der Waals surface area contributed by atoms with Crippen molar-refractivity contribution in [2.24, 2.45) is 5.92 Å². The molecule has 0 fully saturated rings. The minimum absolute atomic E-state index is 0.0328. The SMILES string of the molecule is CCCCCCCCCCCCCCCCCC(=O)OCC(COP(=O)(O)OCC[N+](C)(C)C)OC(=O)C(CCC)CCC. The van der Waals surface area contributed by atoms with E-state index in [9.17, 15) is 19.0 Å². The number of nitrogens with zero attached hydrogens (tertiary/aromatic N) is 1. The summed E-state index contributed by atoms with van der Waals surface area (Å²) in [5, 5.41) is 0. The van der Waals surface area contributed by atoms with E-state index in [0.717, 1.165) is 32.1 Å². The molecule has 2 atom stereocenters. The molecule has 0 spiro atoms. The van der Waals surface area contributed by atoms with Crippen molar-refractivity contribution in [3.05, 3.63) is 0 Å². The Morgan fingerprint density at radius 2 is 1.16 bits per heavy atom. The highest BCUT2D eigenvalue weighted by molar-refractivity contribution is 7.47. The van der Waals surface area contributed by atoms with Crippen LogP contribution < -0.4 is 0 Å². The summed E-state index contributed by atoms with van der Waals surface area (Å²) in [6.07, 6.45) is 21.2. The van der Waals surface area contributed by atoms with Crippen molar-refractivity contribution in [3.8, 4) is 0 Å². The van der Waals surface area contributed by atoms with Crippen LogP contribution in [0.5, 0.6) is 0 Å². The Balaban J connectivity index is 4.41. The lowest BCUT2D eigenvalue weighted by atomic mass is 9.98. The summed E-state index contributed by atoms with van der Waals surface area (Å²) in [6, 6.07) is 0. The molecule has 0 aliphatic carbocycles. The molecule has 0 saturated carbocycles. The van der Waals surface area contributed by atoms with Crippen LogP contribution in [0.1, 0.15) is 149 Å². The largest absolute Gasteiger partial charge is 0.472 e. The number of hydrogen-bond acceptors (Lipinski definition) is 7. The lowest BCUT2D eigenvalue weighted by Crippen LogP contribution is -2.37. The fourth-order valence-corrected chi connectivity index (χ4v) is 5.74. The van der Waals surface area contributed by atoms with Gasteiger partial charge in [-0.2, -0.15) is 0 Å². The van der Waals surface area contributed by atoms with Gasteiger partial charge in [-0.25, -0.2) is 4.57 Å². The summed E-state index contributed by atoms with van der Waals surface area (Å²) in [5.74, 6) is -1.05. The zero-order chi connectivity index (χ0) is 33.1. The number of likely N-dealkylation sites (N-methyl/N-ethyl adjacent to an activating group) is 1. The first-order valence-electron chi connectivity index (χ1n) is 17.7. The molecule has 44 heavy (non-hydrogen) atoms. The van der Waals surface area contributed by atoms with Crippen LogP contribution in [0.15, 0.2) is 0 Å². The number of esters is 2. The first-order valence-corrected chi connectivity index (χ1v) is 19.2. The summed E-state index contributed by atoms with van der Waals surface area (Å²) in [5.41, 5.74) is 0. The van der Waals surface area contributed by atoms with E-state index in [-0.39, 0.29) is 25.1 Å². The standard InChI is InChI=1S/C34H68NO8P/c1-7-10-11-12-13-14-15-16-17-18-19-20-21-22-23-26-33(36)40-29-32(43-34(37)31(24-8-2)25-9-3)30-42-44(38,39)41-28-27-35(4,5)6/h31-32H,7-30H2,1-6H3/p+1. The van der Waals surface area contributed by atoms with Gasteiger partial charge in [0.15, 0.2) is 6.10 Å². The lowest BCUT2D eigenvalue weighted by Gasteiger charge is -2.25. The number of quaternary nitrogens is 1. The van der Waals surface area contributed by atoms with E-state index in [1.807, 2.05) is 35.0 Å². The minimum Gasteiger partial charge on any atom is -0.462 e. The van der Waals surface area contributed by atoms with Crippen molar-refractivity contribution in [3.63, 3.8) is 0 Å². The molecule has 0 aliphatic heterocycles. The predicted octanol–water partition coefficient (Wildman–Crippen LogP) is 8.76. The third kappa shape index (κ3) is 27.3. The van der Waals surface area contributed by atoms with E-state index in [2.05, 4.69) is 6.92 Å². The van der Waals surface area contributed by atoms with E-state index in [0.29, 0.717) is 30.3 Å². The molecule has 0 rings (SSSR count). The smallest absolute Gasteiger partial charge is 0.462 e. The second-order valence-corrected chi connectivity index (χ2v) is 14.8. The summed E-state index contributed by atoms with van der Waals surface area (Å²) in [4.78, 5) is 35.3. The molecular weight excluding hydrogens is 581 g/mol. The molecule has 0 saturated heterocycles. The van der Waals surface area contributed by atoms with Gasteiger partial charge in [-0.05, 0) is 19.3 Å². The third-order valence-corrected chi connectivity index (χ3v) is 8.73. The van der Waals surface area contributed by atoms with E-state index < -0.39 is 26.5 Å². The molecule has 0 aromatic carbocycles. The summed E-state index contributed by atoms with van der Waals surface area (Å²) in [7, 11) is 1.47. The number of carbonyl (C=O) groups is 2. The van der Waals surface area contributed by atoms with E-state index in [1.54, 1.807) is 0 Å². The van der Waals surface area contributed by atoms with Gasteiger partial charge in [-0.1, -0.05) is 124 Å². The maximum Gasteiger partial charge on any atom is 0.472 e. The zero-order valence-electron chi connectivity index (χ0n) is 29.3. The van der Waals surface area contributed by atoms with Gasteiger partial charge in [0, 0.05) is 6.42 Å². The highest BCUT2D eigenvalue weighted by atomic mass is 31.2. The first-order chi connectivity index (χ1) is 20.9. The maximum atomic E-state index is 12.8. The van der Waals surface area contributed by atoms with Crippen molar-refractivity contribution in [1.29, 1.82) is 0 Å². The normalized spacial score (nSPS) is 14.0. The van der Waals surface area contributed by atoms with Gasteiger partial charge in [-0.3, -0.25) is 18.6 Å². The zero-order valence-corrected chi connectivity index (χ0v) is 30.2. The number of hydrogen-bond donors (Lipinski definition) is 1. The molecule has 10 heteroatoms. The van der Waals surface area contributed by atoms with Gasteiger partial charge in [-0.15, -0.1) is 0 Å². The Hall–Kier alpha value is -0.990. The Morgan fingerprint density at radius 3 is 1.61 bits per heavy atom. The number of carbonyl (C=O) groups excluding carboxylic acids is 2. The van der Waals surface area contributed by atoms with Crippen LogP contribution in [0, 0.1) is 5.92 Å². The van der Waals surface area contributed by atoms with E-state index in [4.69, 9.17) is 18.5 Å². The number of ether oxygens (including phenoxy) is 2. The maximum absolute atomic E-state index is 12.8. The van der Waals surface area contributed by atoms with Crippen molar-refractivity contribution in [2.45, 2.75) is 155 Å². The van der Waals surface area contributed by atoms with Crippen LogP contribution >= 0.6 is 7.82 Å². The van der Waals surface area contributed by atoms with Crippen LogP contribution in [0.4, 0.5) is 0 Å². The summed E-state index contributed by atoms with van der Waals surface area (Å²) >= 11 is 0. The minimum atomic E-state index is -4.36. The van der Waals surface area contributed by atoms with E-state index >= 15 is 0 Å². The van der Waals surface area contributed by atoms with Gasteiger partial charge in [0.05, 0.1) is 33.7 Å². The predicted molar refractivity (Wildman–Crippen MR) is 178 cm³/mol. The number of rotatable bonds is 31. The van der Waals surface area contributed by atoms with Crippen LogP contribution in [0.25, 0.3) is 0 Å². The van der Waals surface area contributed by atoms with Crippen LogP contribution in [-0.2, 0) is 32.7 Å². The highest BCUT2D eigenvalue weighted by Crippen LogP contribution is 2.43. The van der Waals surface area contributed by atoms with Crippen LogP contribution in [0.3, 0.4) is 0 Å². The second kappa shape index (κ2) is 27.2. The average Bonchev–Trinajstić information content (AvgIpc) is 2.95. The quantitative estimate of drug-likeness (QED) is 0.0343. The Bertz CT molecular complexity index is 752. The molecule has 9 nitrogen and oxygen atoms in total. The lowest BCUT2D eigenvalue weighted by molar-refractivity contribution is -0.870. The molecule has 0 amide bonds. The first kappa shape index (κ1) is 43.0. The third-order valence-electron chi connectivity index (χ3n) is 7.75. The number of phosphoric ester groups is 1. The molecule has 262 valence electrons. The molecule has 2 unspecified atom stereocenters. The summed E-state index contributed by atoms with van der Waals surface area (Å²) < 4.78 is 34.2. The van der Waals surface area contributed by atoms with Crippen molar-refractivity contribution >= 4 is 19.8 Å². The van der Waals surface area contributed by atoms with Crippen LogP contribution in [-0.4, -0.2) is 74.9 Å². The van der Waals surface area contributed by atoms with E-state index in [1.165, 1.54) is 77.0 Å². The molecule has 1 N–H and O–H groups in total. The van der Waals surface area contributed by atoms with Gasteiger partial charge in [0.2, 0.25) is 0 Å². The monoisotopic (exact) mass is 650 g/mol. The molecule has 0 aromatic rings. The Labute approximate surface area is 270 Å². The van der Waals surface area contributed by atoms with Crippen molar-refractivity contribution < 1.29 is 42.1 Å². The van der Waals surface area contributed by atoms with Crippen LogP contribution in [0.2, 0.25) is 0 Å². The number of unbranched alkanes of at least 4 members (excludes halogenated alkanes) is 14. The number of phosphoric acid groups is 1. The molecule has 0 heterocycles. The fraction of sp³-hybridized carbons (Fsp3) is 0.941. The van der Waals surface area contributed by atoms with Crippen molar-refractivity contribution in [2.75, 3.05) is 47.5 Å². The highest BCUT2D eigenvalue weighted by Gasteiger charge is 2.28. The molecule has 0 bridgehead atoms. The second-order valence-electron chi connectivity index (χ2n) is 13.3. The Morgan fingerprint density at radius 1 is 0.682 bits per heavy atom. The Kier molecular flexibility index (Phi) is 26.5. The average molecular weight is 651 g/mol. The fourth-order valence-electron chi connectivity index (χ4n) is 5.00. The van der Waals surface area contributed by atoms with Gasteiger partial charge < -0.3 is 18.9 Å². The van der Waals surface area contributed by atoms with Gasteiger partial charge in [0.25, 0.3) is 0 Å². The van der Waals surface area contributed by atoms with Gasteiger partial charge in [0.1, 0.15) is 19.8 Å². The molecule has 0 aliphatic rings. The topological polar surface area (TPSA) is 108 Å². The molecule has 0 aromatic heterocycles. The van der Waals surface area contributed by atoms with Gasteiger partial charge >= 0.3 is 19.8 Å². The molecule has 0 radical (unpaired) electrons. The van der Waals surface area contributed by atoms with Crippen molar-refractivity contribution in [1.82, 2.24) is 0 Å². The molecular formula is C34H69NO8P+. The summed E-state index contributed by atoms with van der Waals surface area (Å²) in [6.45, 7) is 6.19.